The topological polar surface area (TPSA) is 58.6 Å². The van der Waals surface area contributed by atoms with E-state index in [1.807, 2.05) is 4.90 Å². The third-order valence-corrected chi connectivity index (χ3v) is 6.55. The summed E-state index contributed by atoms with van der Waals surface area (Å²) in [6, 6.07) is 5.49. The molecule has 2 heterocycles. The van der Waals surface area contributed by atoms with Crippen molar-refractivity contribution in [3.63, 3.8) is 0 Å². The SMILES string of the molecule is O=C1NC[C@H](C(=O)N2CC3(CC[C@@H](c4ccc(C(F)(F)F)cc4)C3)C2)CCCO1. The van der Waals surface area contributed by atoms with Gasteiger partial charge in [-0.3, -0.25) is 4.79 Å². The summed E-state index contributed by atoms with van der Waals surface area (Å²) in [6.45, 7) is 2.03. The Morgan fingerprint density at radius 3 is 2.59 bits per heavy atom. The summed E-state index contributed by atoms with van der Waals surface area (Å²) in [4.78, 5) is 26.1. The van der Waals surface area contributed by atoms with E-state index in [2.05, 4.69) is 5.32 Å². The molecular formula is C21H25F3N2O3. The Labute approximate surface area is 167 Å². The van der Waals surface area contributed by atoms with Gasteiger partial charge in [0.05, 0.1) is 18.1 Å². The number of halogens is 3. The number of alkyl halides is 3. The molecule has 29 heavy (non-hydrogen) atoms. The van der Waals surface area contributed by atoms with E-state index in [1.54, 1.807) is 12.1 Å². The molecule has 3 aliphatic rings. The highest BCUT2D eigenvalue weighted by Gasteiger charge is 2.50. The number of likely N-dealkylation sites (tertiary alicyclic amines) is 1. The second-order valence-electron chi connectivity index (χ2n) is 8.61. The van der Waals surface area contributed by atoms with Crippen LogP contribution in [0.15, 0.2) is 24.3 Å². The Balaban J connectivity index is 1.32. The maximum atomic E-state index is 12.8. The van der Waals surface area contributed by atoms with Crippen LogP contribution in [0.4, 0.5) is 18.0 Å². The summed E-state index contributed by atoms with van der Waals surface area (Å²) < 4.78 is 43.2. The second-order valence-corrected chi connectivity index (χ2v) is 8.61. The third kappa shape index (κ3) is 4.21. The maximum Gasteiger partial charge on any atom is 0.416 e. The average Bonchev–Trinajstić information content (AvgIpc) is 3.09. The fourth-order valence-electron chi connectivity index (χ4n) is 4.97. The van der Waals surface area contributed by atoms with Crippen LogP contribution in [0.2, 0.25) is 0 Å². The van der Waals surface area contributed by atoms with Crippen LogP contribution in [0.5, 0.6) is 0 Å². The molecule has 0 unspecified atom stereocenters. The Morgan fingerprint density at radius 2 is 1.90 bits per heavy atom. The van der Waals surface area contributed by atoms with E-state index in [1.165, 1.54) is 0 Å². The minimum atomic E-state index is -4.31. The van der Waals surface area contributed by atoms with Crippen LogP contribution < -0.4 is 5.32 Å². The number of rotatable bonds is 2. The van der Waals surface area contributed by atoms with E-state index in [9.17, 15) is 22.8 Å². The molecule has 158 valence electrons. The van der Waals surface area contributed by atoms with Gasteiger partial charge in [0.2, 0.25) is 5.91 Å². The van der Waals surface area contributed by atoms with Crippen LogP contribution >= 0.6 is 0 Å². The van der Waals surface area contributed by atoms with Crippen molar-refractivity contribution in [2.45, 2.75) is 44.2 Å². The van der Waals surface area contributed by atoms with Crippen LogP contribution in [0.3, 0.4) is 0 Å². The number of alkyl carbamates (subject to hydrolysis) is 1. The minimum Gasteiger partial charge on any atom is -0.450 e. The Bertz CT molecular complexity index is 772. The molecule has 2 saturated heterocycles. The van der Waals surface area contributed by atoms with Crippen molar-refractivity contribution in [1.82, 2.24) is 10.2 Å². The number of carbonyl (C=O) groups is 2. The van der Waals surface area contributed by atoms with Gasteiger partial charge in [-0.1, -0.05) is 12.1 Å². The van der Waals surface area contributed by atoms with E-state index >= 15 is 0 Å². The van der Waals surface area contributed by atoms with Crippen molar-refractivity contribution in [1.29, 1.82) is 0 Å². The smallest absolute Gasteiger partial charge is 0.416 e. The lowest BCUT2D eigenvalue weighted by atomic mass is 9.76. The molecule has 0 radical (unpaired) electrons. The number of amides is 2. The minimum absolute atomic E-state index is 0.0794. The molecule has 1 aromatic carbocycles. The van der Waals surface area contributed by atoms with Gasteiger partial charge in [-0.15, -0.1) is 0 Å². The van der Waals surface area contributed by atoms with E-state index in [-0.39, 0.29) is 23.2 Å². The number of carbonyl (C=O) groups excluding carboxylic acids is 2. The average molecular weight is 410 g/mol. The van der Waals surface area contributed by atoms with Gasteiger partial charge in [-0.2, -0.15) is 13.2 Å². The molecule has 2 aliphatic heterocycles. The van der Waals surface area contributed by atoms with E-state index < -0.39 is 17.8 Å². The zero-order chi connectivity index (χ0) is 20.6. The maximum absolute atomic E-state index is 12.8. The molecule has 0 bridgehead atoms. The molecular weight excluding hydrogens is 385 g/mol. The first-order valence-corrected chi connectivity index (χ1v) is 10.1. The van der Waals surface area contributed by atoms with Gasteiger partial charge in [0.25, 0.3) is 0 Å². The van der Waals surface area contributed by atoms with Gasteiger partial charge >= 0.3 is 12.3 Å². The number of nitrogens with zero attached hydrogens (tertiary/aromatic N) is 1. The summed E-state index contributed by atoms with van der Waals surface area (Å²) in [5.74, 6) is 0.107. The van der Waals surface area contributed by atoms with E-state index in [0.717, 1.165) is 37.0 Å². The molecule has 1 saturated carbocycles. The van der Waals surface area contributed by atoms with Crippen molar-refractivity contribution in [3.8, 4) is 0 Å². The molecule has 0 aromatic heterocycles. The van der Waals surface area contributed by atoms with Crippen molar-refractivity contribution in [2.24, 2.45) is 11.3 Å². The summed E-state index contributed by atoms with van der Waals surface area (Å²) in [6.07, 6.45) is -0.598. The zero-order valence-corrected chi connectivity index (χ0v) is 16.1. The van der Waals surface area contributed by atoms with Crippen LogP contribution in [-0.2, 0) is 15.7 Å². The number of hydrogen-bond donors (Lipinski definition) is 1. The third-order valence-electron chi connectivity index (χ3n) is 6.55. The molecule has 2 amide bonds. The summed E-state index contributed by atoms with van der Waals surface area (Å²) >= 11 is 0. The van der Waals surface area contributed by atoms with Crippen molar-refractivity contribution < 1.29 is 27.5 Å². The lowest BCUT2D eigenvalue weighted by Gasteiger charge is -2.49. The number of hydrogen-bond acceptors (Lipinski definition) is 3. The molecule has 1 spiro atoms. The normalized spacial score (nSPS) is 26.9. The molecule has 1 aromatic rings. The Kier molecular flexibility index (Phi) is 5.21. The van der Waals surface area contributed by atoms with Gasteiger partial charge in [0.15, 0.2) is 0 Å². The highest BCUT2D eigenvalue weighted by molar-refractivity contribution is 5.81. The Hall–Kier alpha value is -2.25. The highest BCUT2D eigenvalue weighted by atomic mass is 19.4. The lowest BCUT2D eigenvalue weighted by Crippen LogP contribution is -2.59. The van der Waals surface area contributed by atoms with Crippen LogP contribution in [-0.4, -0.2) is 43.1 Å². The molecule has 3 fully saturated rings. The lowest BCUT2D eigenvalue weighted by molar-refractivity contribution is -0.148. The number of ether oxygens (including phenoxy) is 1. The molecule has 1 aliphatic carbocycles. The predicted octanol–water partition coefficient (Wildman–Crippen LogP) is 3.94. The van der Waals surface area contributed by atoms with E-state index in [4.69, 9.17) is 4.74 Å². The Morgan fingerprint density at radius 1 is 1.17 bits per heavy atom. The van der Waals surface area contributed by atoms with Crippen LogP contribution in [0.1, 0.15) is 49.1 Å². The van der Waals surface area contributed by atoms with Crippen molar-refractivity contribution in [3.05, 3.63) is 35.4 Å². The summed E-state index contributed by atoms with van der Waals surface area (Å²) in [5.41, 5.74) is 0.408. The van der Waals surface area contributed by atoms with Gasteiger partial charge < -0.3 is 15.0 Å². The van der Waals surface area contributed by atoms with Crippen LogP contribution in [0, 0.1) is 11.3 Å². The summed E-state index contributed by atoms with van der Waals surface area (Å²) in [7, 11) is 0. The van der Waals surface area contributed by atoms with Crippen molar-refractivity contribution in [2.75, 3.05) is 26.2 Å². The van der Waals surface area contributed by atoms with Gasteiger partial charge in [0.1, 0.15) is 0 Å². The second kappa shape index (κ2) is 7.54. The monoisotopic (exact) mass is 410 g/mol. The molecule has 8 heteroatoms. The quantitative estimate of drug-likeness (QED) is 0.804. The predicted molar refractivity (Wildman–Crippen MR) is 99.1 cm³/mol. The van der Waals surface area contributed by atoms with Gasteiger partial charge in [-0.25, -0.2) is 4.79 Å². The fraction of sp³-hybridized carbons (Fsp3) is 0.619. The highest BCUT2D eigenvalue weighted by Crippen LogP contribution is 2.52. The number of nitrogens with one attached hydrogen (secondary N) is 1. The largest absolute Gasteiger partial charge is 0.450 e. The molecule has 1 N–H and O–H groups in total. The van der Waals surface area contributed by atoms with E-state index in [0.29, 0.717) is 39.1 Å². The molecule has 4 rings (SSSR count). The fourth-order valence-corrected chi connectivity index (χ4v) is 4.97. The molecule has 2 atom stereocenters. The van der Waals surface area contributed by atoms with Crippen molar-refractivity contribution >= 4 is 12.0 Å². The van der Waals surface area contributed by atoms with Gasteiger partial charge in [-0.05, 0) is 55.7 Å². The van der Waals surface area contributed by atoms with Gasteiger partial charge in [0, 0.05) is 25.0 Å². The first kappa shape index (κ1) is 20.0. The first-order chi connectivity index (χ1) is 13.8. The summed E-state index contributed by atoms with van der Waals surface area (Å²) in [5, 5.41) is 2.63. The zero-order valence-electron chi connectivity index (χ0n) is 16.1. The standard InChI is InChI=1S/C21H25F3N2O3/c22-21(23,24)17-5-3-14(4-6-17)15-7-8-20(10-15)12-26(13-20)18(27)16-2-1-9-29-19(28)25-11-16/h3-6,15-16H,1-2,7-13H2,(H,25,28)/t15-,16-/m1/s1. The molecule has 5 nitrogen and oxygen atoms in total. The van der Waals surface area contributed by atoms with Crippen LogP contribution in [0.25, 0.3) is 0 Å². The first-order valence-electron chi connectivity index (χ1n) is 10.1. The number of cyclic esters (lactones) is 1. The number of benzene rings is 1.